The zero-order chi connectivity index (χ0) is 47.1. The molecule has 9 heteroatoms. The van der Waals surface area contributed by atoms with Crippen LogP contribution >= 0.6 is 21.8 Å². The third-order valence-electron chi connectivity index (χ3n) is 14.3. The summed E-state index contributed by atoms with van der Waals surface area (Å²) in [6.45, 7) is 23.0. The maximum absolute atomic E-state index is 13.5. The summed E-state index contributed by atoms with van der Waals surface area (Å²) in [7, 11) is -3.29. The Balaban J connectivity index is 6.01. The van der Waals surface area contributed by atoms with Crippen molar-refractivity contribution in [2.75, 3.05) is 93.8 Å². The molecule has 6 nitrogen and oxygen atoms in total. The van der Waals surface area contributed by atoms with Gasteiger partial charge in [0.05, 0.1) is 79.4 Å². The first-order chi connectivity index (χ1) is 30.4. The molecule has 0 aliphatic rings. The van der Waals surface area contributed by atoms with E-state index < -0.39 is 27.2 Å². The van der Waals surface area contributed by atoms with Crippen molar-refractivity contribution in [3.05, 3.63) is 0 Å². The van der Waals surface area contributed by atoms with Crippen molar-refractivity contribution in [3.8, 4) is 0 Å². The predicted molar refractivity (Wildman–Crippen MR) is 287 cm³/mol. The number of hydrogen-bond acceptors (Lipinski definition) is 6. The number of unbranched alkanes of at least 4 members (excludes halogenated alkanes) is 9. The van der Waals surface area contributed by atoms with Gasteiger partial charge in [0.1, 0.15) is 19.8 Å². The first kappa shape index (κ1) is 62.7. The van der Waals surface area contributed by atoms with Crippen molar-refractivity contribution in [2.24, 2.45) is 5.41 Å². The zero-order valence-corrected chi connectivity index (χ0v) is 46.8. The lowest BCUT2D eigenvalue weighted by Crippen LogP contribution is -2.39. The third-order valence-corrected chi connectivity index (χ3v) is 29.5. The van der Waals surface area contributed by atoms with Gasteiger partial charge in [-0.15, -0.1) is 0 Å². The Morgan fingerprint density at radius 2 is 0.476 bits per heavy atom. The number of carbonyl (C=O) groups is 3. The molecule has 0 atom stereocenters. The summed E-state index contributed by atoms with van der Waals surface area (Å²) in [4.78, 5) is 40.5. The van der Waals surface area contributed by atoms with Gasteiger partial charge >= 0.3 is 17.9 Å². The number of hydrogen-bond donors (Lipinski definition) is 0. The minimum Gasteiger partial charge on any atom is -0.465 e. The van der Waals surface area contributed by atoms with Gasteiger partial charge in [-0.1, -0.05) is 127 Å². The maximum atomic E-state index is 13.5. The van der Waals surface area contributed by atoms with Crippen LogP contribution in [0.5, 0.6) is 0 Å². The van der Waals surface area contributed by atoms with E-state index in [2.05, 4.69) is 62.3 Å². The fourth-order valence-corrected chi connectivity index (χ4v) is 24.9. The van der Waals surface area contributed by atoms with Crippen molar-refractivity contribution in [1.82, 2.24) is 0 Å². The van der Waals surface area contributed by atoms with Gasteiger partial charge in [-0.3, -0.25) is 14.4 Å². The molecule has 0 amide bonds. The van der Waals surface area contributed by atoms with Crippen molar-refractivity contribution in [1.29, 1.82) is 0 Å². The molecule has 0 spiro atoms. The Labute approximate surface area is 395 Å². The van der Waals surface area contributed by atoms with E-state index in [9.17, 15) is 14.4 Å². The van der Waals surface area contributed by atoms with Crippen LogP contribution in [0.1, 0.15) is 230 Å². The Bertz CT molecular complexity index is 919. The van der Waals surface area contributed by atoms with Gasteiger partial charge in [0.2, 0.25) is 0 Å². The summed E-state index contributed by atoms with van der Waals surface area (Å²) < 4.78 is 18.3. The highest BCUT2D eigenvalue weighted by atomic mass is 31.2. The van der Waals surface area contributed by atoms with Crippen LogP contribution in [-0.2, 0) is 28.6 Å². The van der Waals surface area contributed by atoms with E-state index in [0.717, 1.165) is 19.3 Å². The second-order valence-electron chi connectivity index (χ2n) is 20.0. The lowest BCUT2D eigenvalue weighted by atomic mass is 9.88. The quantitative estimate of drug-likeness (QED) is 0.0344. The third kappa shape index (κ3) is 29.3. The summed E-state index contributed by atoms with van der Waals surface area (Å²) in [5, 5.41) is 0. The first-order valence-corrected chi connectivity index (χ1v) is 35.0. The number of ether oxygens (including phenoxy) is 3. The number of rotatable bonds is 46. The Morgan fingerprint density at radius 3 is 0.635 bits per heavy atom. The molecule has 0 radical (unpaired) electrons. The van der Waals surface area contributed by atoms with Crippen LogP contribution < -0.4 is 0 Å². The van der Waals surface area contributed by atoms with Crippen LogP contribution in [0.2, 0.25) is 0 Å². The fourth-order valence-electron chi connectivity index (χ4n) is 9.48. The van der Waals surface area contributed by atoms with Gasteiger partial charge in [0.25, 0.3) is 0 Å². The van der Waals surface area contributed by atoms with E-state index in [4.69, 9.17) is 14.2 Å². The Morgan fingerprint density at radius 1 is 0.302 bits per heavy atom. The second kappa shape index (κ2) is 39.7. The van der Waals surface area contributed by atoms with Gasteiger partial charge in [-0.05, 0) is 83.5 Å². The van der Waals surface area contributed by atoms with Gasteiger partial charge in [-0.2, -0.15) is 0 Å². The van der Waals surface area contributed by atoms with Crippen LogP contribution in [0.3, 0.4) is 0 Å². The summed E-state index contributed by atoms with van der Waals surface area (Å²) in [6, 6.07) is 0. The number of carbonyl (C=O) groups excluding carboxylic acids is 3. The minimum absolute atomic E-state index is 0.101. The highest BCUT2D eigenvalue weighted by Crippen LogP contribution is 2.63. The average molecular weight is 948 g/mol. The van der Waals surface area contributed by atoms with Crippen LogP contribution in [0.15, 0.2) is 0 Å². The molecular formula is C54H110O6P3+3. The lowest BCUT2D eigenvalue weighted by Gasteiger charge is -2.31. The molecule has 0 heterocycles. The maximum Gasteiger partial charge on any atom is 0.305 e. The molecule has 0 fully saturated rings. The summed E-state index contributed by atoms with van der Waals surface area (Å²) in [5.74, 6) is -0.533. The molecular weight excluding hydrogens is 838 g/mol. The largest absolute Gasteiger partial charge is 0.465 e. The molecule has 374 valence electrons. The molecule has 0 bridgehead atoms. The first-order valence-electron chi connectivity index (χ1n) is 27.4. The van der Waals surface area contributed by atoms with Crippen molar-refractivity contribution in [3.63, 3.8) is 0 Å². The molecule has 0 aromatic carbocycles. The van der Waals surface area contributed by atoms with Gasteiger partial charge < -0.3 is 14.2 Å². The molecule has 0 unspecified atom stereocenters. The predicted octanol–water partition coefficient (Wildman–Crippen LogP) is 16.6. The van der Waals surface area contributed by atoms with Crippen LogP contribution in [0.25, 0.3) is 0 Å². The van der Waals surface area contributed by atoms with Crippen molar-refractivity contribution < 1.29 is 28.6 Å². The molecule has 0 aromatic rings. The van der Waals surface area contributed by atoms with E-state index >= 15 is 0 Å². The highest BCUT2D eigenvalue weighted by Gasteiger charge is 2.39. The van der Waals surface area contributed by atoms with E-state index in [1.165, 1.54) is 190 Å². The number of esters is 3. The van der Waals surface area contributed by atoms with E-state index in [0.29, 0.717) is 25.7 Å². The molecule has 63 heavy (non-hydrogen) atoms. The SMILES string of the molecule is CCCC[P+](CCCC)(CCCC)CCCC(=O)OCC(CC)(COC(=O)CCC[P+](CCCC)(CCCC)CCCC)COC(=O)CCC[P+](CCCC)(CCCC)CCCC. The molecule has 0 saturated carbocycles. The molecule has 0 saturated heterocycles. The molecule has 0 aliphatic heterocycles. The zero-order valence-electron chi connectivity index (χ0n) is 44.1. The highest BCUT2D eigenvalue weighted by molar-refractivity contribution is 7.76. The molecule has 0 N–H and O–H groups in total. The van der Waals surface area contributed by atoms with E-state index in [-0.39, 0.29) is 37.7 Å². The topological polar surface area (TPSA) is 78.9 Å². The van der Waals surface area contributed by atoms with E-state index in [1.807, 2.05) is 6.92 Å². The van der Waals surface area contributed by atoms with Gasteiger partial charge in [0.15, 0.2) is 0 Å². The molecule has 0 rings (SSSR count). The van der Waals surface area contributed by atoms with Crippen LogP contribution in [0, 0.1) is 5.41 Å². The normalized spacial score (nSPS) is 12.5. The van der Waals surface area contributed by atoms with E-state index in [1.54, 1.807) is 0 Å². The summed E-state index contributed by atoms with van der Waals surface area (Å²) in [5.41, 5.74) is -0.763. The molecule has 0 aliphatic carbocycles. The standard InChI is InChI=1S/C54H110O6P3/c1-11-21-36-61(37-22-12-2,38-23-13-3)45-30-33-51(55)58-48-54(20-10,49-59-52(56)34-31-46-62(39-24-14-4,40-25-15-5)41-26-16-6)50-60-53(57)35-32-47-63(42-27-17-7,43-28-18-8)44-29-19-9/h11-50H2,1-10H3/q+3. The Kier molecular flexibility index (Phi) is 39.5. The summed E-state index contributed by atoms with van der Waals surface area (Å²) in [6.07, 6.45) is 42.9. The van der Waals surface area contributed by atoms with Gasteiger partial charge in [0, 0.05) is 41.0 Å². The van der Waals surface area contributed by atoms with Crippen LogP contribution in [0.4, 0.5) is 0 Å². The van der Waals surface area contributed by atoms with Crippen LogP contribution in [-0.4, -0.2) is 112 Å². The Hall–Kier alpha value is -0.300. The summed E-state index contributed by atoms with van der Waals surface area (Å²) >= 11 is 0. The van der Waals surface area contributed by atoms with Crippen molar-refractivity contribution >= 4 is 39.7 Å². The smallest absolute Gasteiger partial charge is 0.305 e. The van der Waals surface area contributed by atoms with Crippen molar-refractivity contribution in [2.45, 2.75) is 230 Å². The monoisotopic (exact) mass is 948 g/mol. The second-order valence-corrected chi connectivity index (χ2v) is 33.5. The fraction of sp³-hybridized carbons (Fsp3) is 0.944. The lowest BCUT2D eigenvalue weighted by molar-refractivity contribution is -0.162. The average Bonchev–Trinajstić information content (AvgIpc) is 3.29. The minimum atomic E-state index is -1.10. The molecule has 0 aromatic heterocycles. The van der Waals surface area contributed by atoms with Gasteiger partial charge in [-0.25, -0.2) is 0 Å².